The molecule has 0 radical (unpaired) electrons. The van der Waals surface area contributed by atoms with E-state index in [1.165, 1.54) is 64.2 Å². The third kappa shape index (κ3) is 14.3. The Hall–Kier alpha value is -1.39. The first-order valence-electron chi connectivity index (χ1n) is 11.7. The highest BCUT2D eigenvalue weighted by atomic mass is 16.6. The smallest absolute Gasteiger partial charge is 0.303 e. The second kappa shape index (κ2) is 16.4. The van der Waals surface area contributed by atoms with Crippen molar-refractivity contribution in [3.05, 3.63) is 35.9 Å². The summed E-state index contributed by atoms with van der Waals surface area (Å²) >= 11 is 0. The fourth-order valence-electron chi connectivity index (χ4n) is 3.61. The van der Waals surface area contributed by atoms with Gasteiger partial charge in [-0.05, 0) is 12.0 Å². The minimum Gasteiger partial charge on any atom is -0.481 e. The van der Waals surface area contributed by atoms with Gasteiger partial charge in [0.25, 0.3) is 0 Å². The number of unbranched alkanes of at least 4 members (excludes halogenated alkanes) is 11. The predicted octanol–water partition coefficient (Wildman–Crippen LogP) is 6.85. The second-order valence-corrected chi connectivity index (χ2v) is 8.25. The average Bonchev–Trinajstić information content (AvgIpc) is 2.72. The Bertz CT molecular complexity index is 517. The number of carboxylic acid groups (broad SMARTS) is 1. The number of aliphatic hydroxyl groups is 1. The van der Waals surface area contributed by atoms with Crippen LogP contribution in [0.1, 0.15) is 109 Å². The van der Waals surface area contributed by atoms with Gasteiger partial charge in [0.2, 0.25) is 0 Å². The molecule has 0 fully saturated rings. The Balaban J connectivity index is 2.17. The monoisotopic (exact) mass is 406 g/mol. The van der Waals surface area contributed by atoms with E-state index in [0.717, 1.165) is 18.4 Å². The second-order valence-electron chi connectivity index (χ2n) is 8.25. The molecule has 4 heteroatoms. The minimum atomic E-state index is -1.35. The molecule has 4 nitrogen and oxygen atoms in total. The number of carbonyl (C=O) groups is 1. The number of rotatable bonds is 19. The van der Waals surface area contributed by atoms with E-state index >= 15 is 0 Å². The van der Waals surface area contributed by atoms with Crippen LogP contribution in [0.4, 0.5) is 0 Å². The fraction of sp³-hybridized carbons (Fsp3) is 0.720. The maximum atomic E-state index is 10.9. The van der Waals surface area contributed by atoms with Gasteiger partial charge < -0.3 is 14.9 Å². The molecule has 0 saturated carbocycles. The van der Waals surface area contributed by atoms with Gasteiger partial charge in [-0.1, -0.05) is 108 Å². The summed E-state index contributed by atoms with van der Waals surface area (Å²) in [5.41, 5.74) is 0.982. The normalized spacial score (nSPS) is 13.3. The van der Waals surface area contributed by atoms with Crippen molar-refractivity contribution in [1.82, 2.24) is 0 Å². The van der Waals surface area contributed by atoms with Crippen LogP contribution in [0.3, 0.4) is 0 Å². The van der Waals surface area contributed by atoms with E-state index in [4.69, 9.17) is 9.84 Å². The lowest BCUT2D eigenvalue weighted by molar-refractivity contribution is -0.221. The van der Waals surface area contributed by atoms with Gasteiger partial charge >= 0.3 is 5.97 Å². The Morgan fingerprint density at radius 2 is 1.34 bits per heavy atom. The number of ether oxygens (including phenoxy) is 1. The Morgan fingerprint density at radius 3 is 1.86 bits per heavy atom. The highest BCUT2D eigenvalue weighted by Crippen LogP contribution is 2.25. The Morgan fingerprint density at radius 1 is 0.828 bits per heavy atom. The highest BCUT2D eigenvalue weighted by molar-refractivity contribution is 5.66. The van der Waals surface area contributed by atoms with Crippen LogP contribution in [0.5, 0.6) is 0 Å². The standard InChI is InChI=1S/C25H42O4/c1-2-3-4-5-6-7-8-9-10-11-12-16-20-25(28,21-19-24(26)27)29-22-23-17-14-13-15-18-23/h13-15,17-18,28H,2-12,16,19-22H2,1H3,(H,26,27). The lowest BCUT2D eigenvalue weighted by atomic mass is 10.0. The molecular formula is C25H42O4. The van der Waals surface area contributed by atoms with E-state index in [1.807, 2.05) is 30.3 Å². The number of benzene rings is 1. The Labute approximate surface area is 177 Å². The largest absolute Gasteiger partial charge is 0.481 e. The molecule has 0 heterocycles. The van der Waals surface area contributed by atoms with Gasteiger partial charge in [0.05, 0.1) is 13.0 Å². The molecular weight excluding hydrogens is 364 g/mol. The molecule has 1 aromatic carbocycles. The molecule has 0 saturated heterocycles. The third-order valence-electron chi connectivity index (χ3n) is 5.50. The van der Waals surface area contributed by atoms with Crippen molar-refractivity contribution < 1.29 is 19.7 Å². The van der Waals surface area contributed by atoms with Gasteiger partial charge in [0.1, 0.15) is 0 Å². The molecule has 1 aromatic rings. The third-order valence-corrected chi connectivity index (χ3v) is 5.50. The van der Waals surface area contributed by atoms with Crippen molar-refractivity contribution in [1.29, 1.82) is 0 Å². The molecule has 1 atom stereocenters. The molecule has 0 aliphatic rings. The van der Waals surface area contributed by atoms with Crippen LogP contribution in [0, 0.1) is 0 Å². The van der Waals surface area contributed by atoms with Crippen molar-refractivity contribution in [2.75, 3.05) is 0 Å². The van der Waals surface area contributed by atoms with Crippen molar-refractivity contribution in [2.24, 2.45) is 0 Å². The molecule has 0 aliphatic carbocycles. The molecule has 166 valence electrons. The molecule has 0 aromatic heterocycles. The highest BCUT2D eigenvalue weighted by Gasteiger charge is 2.28. The van der Waals surface area contributed by atoms with Gasteiger partial charge in [-0.2, -0.15) is 0 Å². The van der Waals surface area contributed by atoms with Gasteiger partial charge in [-0.25, -0.2) is 0 Å². The molecule has 0 spiro atoms. The summed E-state index contributed by atoms with van der Waals surface area (Å²) in [6, 6.07) is 9.69. The van der Waals surface area contributed by atoms with Crippen molar-refractivity contribution in [3.63, 3.8) is 0 Å². The van der Waals surface area contributed by atoms with Crippen LogP contribution in [-0.4, -0.2) is 22.0 Å². The van der Waals surface area contributed by atoms with Crippen LogP contribution >= 0.6 is 0 Å². The molecule has 1 rings (SSSR count). The zero-order valence-corrected chi connectivity index (χ0v) is 18.4. The zero-order valence-electron chi connectivity index (χ0n) is 18.4. The first kappa shape index (κ1) is 25.6. The van der Waals surface area contributed by atoms with Crippen LogP contribution in [0.25, 0.3) is 0 Å². The van der Waals surface area contributed by atoms with Crippen molar-refractivity contribution >= 4 is 5.97 Å². The number of carboxylic acids is 1. The summed E-state index contributed by atoms with van der Waals surface area (Å²) < 4.78 is 5.76. The summed E-state index contributed by atoms with van der Waals surface area (Å²) in [5, 5.41) is 19.8. The van der Waals surface area contributed by atoms with Gasteiger partial charge in [-0.15, -0.1) is 0 Å². The lowest BCUT2D eigenvalue weighted by Gasteiger charge is -2.28. The maximum Gasteiger partial charge on any atom is 0.303 e. The van der Waals surface area contributed by atoms with E-state index in [-0.39, 0.29) is 12.8 Å². The topological polar surface area (TPSA) is 66.8 Å². The van der Waals surface area contributed by atoms with Crippen LogP contribution in [0.2, 0.25) is 0 Å². The lowest BCUT2D eigenvalue weighted by Crippen LogP contribution is -2.33. The van der Waals surface area contributed by atoms with Gasteiger partial charge in [-0.3, -0.25) is 4.79 Å². The van der Waals surface area contributed by atoms with E-state index in [2.05, 4.69) is 6.92 Å². The van der Waals surface area contributed by atoms with Crippen LogP contribution in [-0.2, 0) is 16.1 Å². The fourth-order valence-corrected chi connectivity index (χ4v) is 3.61. The number of hydrogen-bond acceptors (Lipinski definition) is 3. The molecule has 0 amide bonds. The molecule has 0 aliphatic heterocycles. The summed E-state index contributed by atoms with van der Waals surface area (Å²) in [6.07, 6.45) is 15.7. The number of aliphatic carboxylic acids is 1. The maximum absolute atomic E-state index is 10.9. The van der Waals surface area contributed by atoms with Gasteiger partial charge in [0, 0.05) is 12.8 Å². The molecule has 0 bridgehead atoms. The summed E-state index contributed by atoms with van der Waals surface area (Å²) in [6.45, 7) is 2.55. The zero-order chi connectivity index (χ0) is 21.2. The summed E-state index contributed by atoms with van der Waals surface area (Å²) in [4.78, 5) is 10.9. The first-order valence-corrected chi connectivity index (χ1v) is 11.7. The van der Waals surface area contributed by atoms with E-state index in [0.29, 0.717) is 13.0 Å². The van der Waals surface area contributed by atoms with Crippen LogP contribution in [0.15, 0.2) is 30.3 Å². The Kier molecular flexibility index (Phi) is 14.5. The van der Waals surface area contributed by atoms with E-state index in [9.17, 15) is 9.90 Å². The van der Waals surface area contributed by atoms with Crippen molar-refractivity contribution in [3.8, 4) is 0 Å². The number of hydrogen-bond donors (Lipinski definition) is 2. The minimum absolute atomic E-state index is 0.0798. The quantitative estimate of drug-likeness (QED) is 0.195. The van der Waals surface area contributed by atoms with Crippen molar-refractivity contribution in [2.45, 2.75) is 116 Å². The van der Waals surface area contributed by atoms with Gasteiger partial charge in [0.15, 0.2) is 5.79 Å². The molecule has 29 heavy (non-hydrogen) atoms. The average molecular weight is 407 g/mol. The van der Waals surface area contributed by atoms with E-state index in [1.54, 1.807) is 0 Å². The predicted molar refractivity (Wildman–Crippen MR) is 119 cm³/mol. The SMILES string of the molecule is CCCCCCCCCCCCCCC(O)(CCC(=O)O)OCc1ccccc1. The van der Waals surface area contributed by atoms with E-state index < -0.39 is 11.8 Å². The summed E-state index contributed by atoms with van der Waals surface area (Å²) in [7, 11) is 0. The summed E-state index contributed by atoms with van der Waals surface area (Å²) in [5.74, 6) is -2.26. The molecule has 2 N–H and O–H groups in total. The first-order chi connectivity index (χ1) is 14.1. The van der Waals surface area contributed by atoms with Crippen LogP contribution < -0.4 is 0 Å². The molecule has 1 unspecified atom stereocenters.